The molecule has 2 fully saturated rings. The van der Waals surface area contributed by atoms with Gasteiger partial charge in [-0.1, -0.05) is 18.2 Å². The number of benzene rings is 2. The number of hydrogen-bond acceptors (Lipinski definition) is 3. The summed E-state index contributed by atoms with van der Waals surface area (Å²) in [5, 5.41) is 6.57. The third-order valence-electron chi connectivity index (χ3n) is 5.23. The third kappa shape index (κ3) is 4.05. The molecule has 2 aromatic rings. The summed E-state index contributed by atoms with van der Waals surface area (Å²) in [7, 11) is 0. The molecule has 136 valence electrons. The van der Waals surface area contributed by atoms with E-state index in [1.54, 1.807) is 24.3 Å². The molecule has 4 nitrogen and oxygen atoms in total. The van der Waals surface area contributed by atoms with Gasteiger partial charge in [-0.15, -0.1) is 0 Å². The molecule has 2 atom stereocenters. The van der Waals surface area contributed by atoms with Crippen LogP contribution in [0.5, 0.6) is 11.5 Å². The standard InChI is InChI=1S/C21H23FN2O2/c22-15-4-3-5-18(13-15)26-20-7-2-1-6-19(20)24-21(25)12-14-10-16-8-9-17(11-14)23-16/h1-7,13-14,16-17,23H,8-12H2,(H,24,25). The minimum absolute atomic E-state index is 0.00610. The quantitative estimate of drug-likeness (QED) is 0.832. The minimum Gasteiger partial charge on any atom is -0.455 e. The van der Waals surface area contributed by atoms with E-state index >= 15 is 0 Å². The molecule has 2 aliphatic rings. The smallest absolute Gasteiger partial charge is 0.224 e. The second-order valence-corrected chi connectivity index (χ2v) is 7.28. The van der Waals surface area contributed by atoms with Crippen LogP contribution in [0, 0.1) is 11.7 Å². The normalized spacial score (nSPS) is 24.3. The summed E-state index contributed by atoms with van der Waals surface area (Å²) >= 11 is 0. The Morgan fingerprint density at radius 1 is 1.12 bits per heavy atom. The molecule has 2 N–H and O–H groups in total. The summed E-state index contributed by atoms with van der Waals surface area (Å²) in [5.74, 6) is 1.000. The molecule has 2 aliphatic heterocycles. The lowest BCUT2D eigenvalue weighted by atomic mass is 9.89. The maximum Gasteiger partial charge on any atom is 0.224 e. The SMILES string of the molecule is O=C(CC1CC2CCC(C1)N2)Nc1ccccc1Oc1cccc(F)c1. The van der Waals surface area contributed by atoms with Crippen molar-refractivity contribution in [2.75, 3.05) is 5.32 Å². The van der Waals surface area contributed by atoms with Crippen molar-refractivity contribution >= 4 is 11.6 Å². The van der Waals surface area contributed by atoms with Gasteiger partial charge in [0, 0.05) is 24.6 Å². The zero-order chi connectivity index (χ0) is 17.9. The Hall–Kier alpha value is -2.40. The van der Waals surface area contributed by atoms with Gasteiger partial charge in [-0.05, 0) is 55.9 Å². The maximum atomic E-state index is 13.4. The number of amides is 1. The number of carbonyl (C=O) groups is 1. The summed E-state index contributed by atoms with van der Waals surface area (Å²) in [6.07, 6.45) is 5.14. The van der Waals surface area contributed by atoms with Crippen LogP contribution >= 0.6 is 0 Å². The number of anilines is 1. The first-order valence-corrected chi connectivity index (χ1v) is 9.24. The molecule has 26 heavy (non-hydrogen) atoms. The summed E-state index contributed by atoms with van der Waals surface area (Å²) < 4.78 is 19.1. The fourth-order valence-electron chi connectivity index (χ4n) is 4.12. The lowest BCUT2D eigenvalue weighted by Crippen LogP contribution is -2.39. The van der Waals surface area contributed by atoms with Crippen LogP contribution in [0.3, 0.4) is 0 Å². The summed E-state index contributed by atoms with van der Waals surface area (Å²) in [4.78, 5) is 12.5. The molecule has 0 aliphatic carbocycles. The Labute approximate surface area is 152 Å². The zero-order valence-corrected chi connectivity index (χ0v) is 14.6. The average Bonchev–Trinajstić information content (AvgIpc) is 2.95. The summed E-state index contributed by atoms with van der Waals surface area (Å²) in [6, 6.07) is 14.4. The van der Waals surface area contributed by atoms with Crippen LogP contribution in [-0.2, 0) is 4.79 Å². The first kappa shape index (κ1) is 17.0. The van der Waals surface area contributed by atoms with Crippen LogP contribution in [0.4, 0.5) is 10.1 Å². The Balaban J connectivity index is 1.40. The molecular formula is C21H23FN2O2. The van der Waals surface area contributed by atoms with Gasteiger partial charge in [0.15, 0.2) is 5.75 Å². The highest BCUT2D eigenvalue weighted by molar-refractivity contribution is 5.92. The number of piperidine rings is 1. The van der Waals surface area contributed by atoms with E-state index in [1.165, 1.54) is 25.0 Å². The molecule has 2 aromatic carbocycles. The van der Waals surface area contributed by atoms with Gasteiger partial charge in [0.25, 0.3) is 0 Å². The van der Waals surface area contributed by atoms with Crippen LogP contribution in [0.15, 0.2) is 48.5 Å². The van der Waals surface area contributed by atoms with E-state index in [0.717, 1.165) is 12.8 Å². The van der Waals surface area contributed by atoms with E-state index in [1.807, 2.05) is 12.1 Å². The molecule has 4 rings (SSSR count). The van der Waals surface area contributed by atoms with E-state index in [9.17, 15) is 9.18 Å². The van der Waals surface area contributed by atoms with Gasteiger partial charge in [-0.2, -0.15) is 0 Å². The number of carbonyl (C=O) groups excluding carboxylic acids is 1. The van der Waals surface area contributed by atoms with Crippen molar-refractivity contribution in [2.24, 2.45) is 5.92 Å². The van der Waals surface area contributed by atoms with Crippen molar-refractivity contribution in [3.8, 4) is 11.5 Å². The lowest BCUT2D eigenvalue weighted by molar-refractivity contribution is -0.117. The molecule has 1 amide bonds. The number of halogens is 1. The predicted molar refractivity (Wildman–Crippen MR) is 98.8 cm³/mol. The Morgan fingerprint density at radius 2 is 1.88 bits per heavy atom. The van der Waals surface area contributed by atoms with E-state index in [4.69, 9.17) is 4.74 Å². The van der Waals surface area contributed by atoms with E-state index in [2.05, 4.69) is 10.6 Å². The minimum atomic E-state index is -0.357. The molecular weight excluding hydrogens is 331 g/mol. The molecule has 2 heterocycles. The van der Waals surface area contributed by atoms with Gasteiger partial charge < -0.3 is 15.4 Å². The van der Waals surface area contributed by atoms with Crippen molar-refractivity contribution < 1.29 is 13.9 Å². The lowest BCUT2D eigenvalue weighted by Gasteiger charge is -2.28. The van der Waals surface area contributed by atoms with Crippen molar-refractivity contribution in [3.63, 3.8) is 0 Å². The fraction of sp³-hybridized carbons (Fsp3) is 0.381. The second kappa shape index (κ2) is 7.46. The van der Waals surface area contributed by atoms with Crippen LogP contribution in [0.1, 0.15) is 32.1 Å². The van der Waals surface area contributed by atoms with Crippen LogP contribution in [0.25, 0.3) is 0 Å². The third-order valence-corrected chi connectivity index (χ3v) is 5.23. The van der Waals surface area contributed by atoms with Crippen LogP contribution in [-0.4, -0.2) is 18.0 Å². The molecule has 2 unspecified atom stereocenters. The van der Waals surface area contributed by atoms with Gasteiger partial charge >= 0.3 is 0 Å². The fourth-order valence-corrected chi connectivity index (χ4v) is 4.12. The molecule has 0 radical (unpaired) electrons. The number of para-hydroxylation sites is 2. The molecule has 2 saturated heterocycles. The Morgan fingerprint density at radius 3 is 2.65 bits per heavy atom. The van der Waals surface area contributed by atoms with Gasteiger partial charge in [0.1, 0.15) is 11.6 Å². The second-order valence-electron chi connectivity index (χ2n) is 7.28. The molecule has 0 aromatic heterocycles. The highest BCUT2D eigenvalue weighted by Crippen LogP contribution is 2.34. The first-order valence-electron chi connectivity index (χ1n) is 9.24. The van der Waals surface area contributed by atoms with Crippen LogP contribution < -0.4 is 15.4 Å². The number of nitrogens with one attached hydrogen (secondary N) is 2. The average molecular weight is 354 g/mol. The molecule has 0 spiro atoms. The Bertz CT molecular complexity index is 783. The van der Waals surface area contributed by atoms with Crippen molar-refractivity contribution in [1.82, 2.24) is 5.32 Å². The van der Waals surface area contributed by atoms with Crippen molar-refractivity contribution in [3.05, 3.63) is 54.3 Å². The molecule has 0 saturated carbocycles. The first-order chi connectivity index (χ1) is 12.7. The topological polar surface area (TPSA) is 50.4 Å². The number of ether oxygens (including phenoxy) is 1. The van der Waals surface area contributed by atoms with Gasteiger partial charge in [0.05, 0.1) is 5.69 Å². The van der Waals surface area contributed by atoms with Crippen molar-refractivity contribution in [2.45, 2.75) is 44.2 Å². The van der Waals surface area contributed by atoms with E-state index < -0.39 is 0 Å². The van der Waals surface area contributed by atoms with Gasteiger partial charge in [-0.3, -0.25) is 4.79 Å². The number of rotatable bonds is 5. The Kier molecular flexibility index (Phi) is 4.89. The monoisotopic (exact) mass is 354 g/mol. The largest absolute Gasteiger partial charge is 0.455 e. The molecule has 5 heteroatoms. The summed E-state index contributed by atoms with van der Waals surface area (Å²) in [6.45, 7) is 0. The van der Waals surface area contributed by atoms with Gasteiger partial charge in [0.2, 0.25) is 5.91 Å². The highest BCUT2D eigenvalue weighted by Gasteiger charge is 2.34. The van der Waals surface area contributed by atoms with E-state index in [-0.39, 0.29) is 11.7 Å². The predicted octanol–water partition coefficient (Wildman–Crippen LogP) is 4.48. The van der Waals surface area contributed by atoms with E-state index in [0.29, 0.717) is 41.6 Å². The number of hydrogen-bond donors (Lipinski definition) is 2. The number of fused-ring (bicyclic) bond motifs is 2. The zero-order valence-electron chi connectivity index (χ0n) is 14.6. The highest BCUT2D eigenvalue weighted by atomic mass is 19.1. The van der Waals surface area contributed by atoms with Crippen molar-refractivity contribution in [1.29, 1.82) is 0 Å². The summed E-state index contributed by atoms with van der Waals surface area (Å²) in [5.41, 5.74) is 0.610. The van der Waals surface area contributed by atoms with Crippen LogP contribution in [0.2, 0.25) is 0 Å². The van der Waals surface area contributed by atoms with Gasteiger partial charge in [-0.25, -0.2) is 4.39 Å². The molecule has 2 bridgehead atoms. The maximum absolute atomic E-state index is 13.4.